The number of hydrogen-bond acceptors (Lipinski definition) is 6. The van der Waals surface area contributed by atoms with Crippen LogP contribution in [0.2, 0.25) is 5.02 Å². The molecule has 3 rings (SSSR count). The maximum atomic E-state index is 11.2. The number of aliphatic hydroxyl groups is 1. The fourth-order valence-electron chi connectivity index (χ4n) is 3.01. The molecule has 2 aromatic carbocycles. The fraction of sp³-hybridized carbons (Fsp3) is 0.286. The Bertz CT molecular complexity index is 1110. The van der Waals surface area contributed by atoms with Gasteiger partial charge in [-0.25, -0.2) is 8.42 Å². The number of nitrogens with one attached hydrogen (secondary N) is 1. The van der Waals surface area contributed by atoms with Crippen molar-refractivity contribution in [2.45, 2.75) is 12.6 Å². The van der Waals surface area contributed by atoms with Gasteiger partial charge in [0.2, 0.25) is 10.0 Å². The topological polar surface area (TPSA) is 91.8 Å². The Hall–Kier alpha value is -2.10. The number of anilines is 1. The van der Waals surface area contributed by atoms with Crippen molar-refractivity contribution in [2.75, 3.05) is 31.2 Å². The Kier molecular flexibility index (Phi) is 8.90. The Labute approximate surface area is 193 Å². The molecule has 1 unspecified atom stereocenters. The van der Waals surface area contributed by atoms with Crippen molar-refractivity contribution in [1.82, 2.24) is 9.88 Å². The first-order valence-electron chi connectivity index (χ1n) is 9.30. The van der Waals surface area contributed by atoms with Crippen LogP contribution in [0, 0.1) is 0 Å². The molecule has 0 spiro atoms. The van der Waals surface area contributed by atoms with Gasteiger partial charge in [-0.1, -0.05) is 17.7 Å². The second-order valence-electron chi connectivity index (χ2n) is 7.20. The lowest BCUT2D eigenvalue weighted by Crippen LogP contribution is -2.33. The molecule has 0 aliphatic heterocycles. The van der Waals surface area contributed by atoms with Gasteiger partial charge in [-0.05, 0) is 55.6 Å². The molecular weight excluding hydrogens is 461 g/mol. The number of rotatable bonds is 9. The number of benzene rings is 2. The standard InChI is InChI=1S/C21H24ClN3O4S.ClH/c1-25(12-18-5-3-15-11-16(22)4-10-21(15)23-18)13-19(26)14-29-20-8-6-17(7-9-20)24-30(2,27)28;/h3-11,19,24,26H,12-14H2,1-2H3;1H. The van der Waals surface area contributed by atoms with Crippen molar-refractivity contribution < 1.29 is 18.3 Å². The van der Waals surface area contributed by atoms with Gasteiger partial charge in [-0.3, -0.25) is 14.6 Å². The number of hydrogen-bond donors (Lipinski definition) is 2. The van der Waals surface area contributed by atoms with Crippen LogP contribution in [0.4, 0.5) is 5.69 Å². The highest BCUT2D eigenvalue weighted by Crippen LogP contribution is 2.19. The highest BCUT2D eigenvalue weighted by Gasteiger charge is 2.11. The Morgan fingerprint density at radius 1 is 1.16 bits per heavy atom. The summed E-state index contributed by atoms with van der Waals surface area (Å²) < 4.78 is 30.4. The van der Waals surface area contributed by atoms with Crippen molar-refractivity contribution in [1.29, 1.82) is 0 Å². The molecule has 168 valence electrons. The van der Waals surface area contributed by atoms with Gasteiger partial charge >= 0.3 is 0 Å². The molecular formula is C21H25Cl2N3O4S. The van der Waals surface area contributed by atoms with Gasteiger partial charge in [-0.2, -0.15) is 0 Å². The van der Waals surface area contributed by atoms with E-state index >= 15 is 0 Å². The predicted molar refractivity (Wildman–Crippen MR) is 127 cm³/mol. The summed E-state index contributed by atoms with van der Waals surface area (Å²) in [4.78, 5) is 6.60. The summed E-state index contributed by atoms with van der Waals surface area (Å²) in [5, 5.41) is 11.9. The van der Waals surface area contributed by atoms with E-state index in [9.17, 15) is 13.5 Å². The molecule has 0 radical (unpaired) electrons. The van der Waals surface area contributed by atoms with Crippen molar-refractivity contribution in [3.05, 3.63) is 65.3 Å². The Morgan fingerprint density at radius 2 is 1.87 bits per heavy atom. The number of aromatic nitrogens is 1. The Balaban J connectivity index is 0.00000341. The lowest BCUT2D eigenvalue weighted by Gasteiger charge is -2.20. The third-order valence-electron chi connectivity index (χ3n) is 4.26. The second kappa shape index (κ2) is 11.0. The zero-order valence-electron chi connectivity index (χ0n) is 17.2. The minimum Gasteiger partial charge on any atom is -0.491 e. The average molecular weight is 486 g/mol. The quantitative estimate of drug-likeness (QED) is 0.481. The zero-order valence-corrected chi connectivity index (χ0v) is 19.5. The average Bonchev–Trinajstić information content (AvgIpc) is 2.66. The summed E-state index contributed by atoms with van der Waals surface area (Å²) in [6, 6.07) is 16.0. The van der Waals surface area contributed by atoms with Crippen LogP contribution in [0.1, 0.15) is 5.69 Å². The van der Waals surface area contributed by atoms with Crippen LogP contribution in [0.3, 0.4) is 0 Å². The van der Waals surface area contributed by atoms with E-state index in [-0.39, 0.29) is 19.0 Å². The molecule has 1 atom stereocenters. The number of likely N-dealkylation sites (N-methyl/N-ethyl adjacent to an activating group) is 1. The summed E-state index contributed by atoms with van der Waals surface area (Å²) in [5.74, 6) is 0.547. The number of ether oxygens (including phenoxy) is 1. The van der Waals surface area contributed by atoms with E-state index in [1.807, 2.05) is 42.3 Å². The molecule has 0 aliphatic carbocycles. The van der Waals surface area contributed by atoms with E-state index in [1.54, 1.807) is 24.3 Å². The molecule has 0 aliphatic rings. The van der Waals surface area contributed by atoms with E-state index in [2.05, 4.69) is 9.71 Å². The number of sulfonamides is 1. The van der Waals surface area contributed by atoms with Crippen LogP contribution in [0.5, 0.6) is 5.75 Å². The van der Waals surface area contributed by atoms with Gasteiger partial charge in [0.1, 0.15) is 18.5 Å². The maximum absolute atomic E-state index is 11.2. The van der Waals surface area contributed by atoms with E-state index in [4.69, 9.17) is 16.3 Å². The lowest BCUT2D eigenvalue weighted by atomic mass is 10.2. The van der Waals surface area contributed by atoms with Crippen molar-refractivity contribution in [3.63, 3.8) is 0 Å². The molecule has 1 aromatic heterocycles. The molecule has 7 nitrogen and oxygen atoms in total. The number of aliphatic hydroxyl groups excluding tert-OH is 1. The highest BCUT2D eigenvalue weighted by atomic mass is 35.5. The van der Waals surface area contributed by atoms with Gasteiger partial charge in [0.15, 0.2) is 0 Å². The van der Waals surface area contributed by atoms with Gasteiger partial charge in [0.05, 0.1) is 17.5 Å². The van der Waals surface area contributed by atoms with Crippen molar-refractivity contribution in [2.24, 2.45) is 0 Å². The zero-order chi connectivity index (χ0) is 21.7. The fourth-order valence-corrected chi connectivity index (χ4v) is 3.75. The first kappa shape index (κ1) is 25.2. The van der Waals surface area contributed by atoms with Crippen LogP contribution in [-0.4, -0.2) is 56.0 Å². The summed E-state index contributed by atoms with van der Waals surface area (Å²) in [6.07, 6.45) is 0.399. The van der Waals surface area contributed by atoms with E-state index in [1.165, 1.54) is 0 Å². The summed E-state index contributed by atoms with van der Waals surface area (Å²) in [7, 11) is -1.41. The van der Waals surface area contributed by atoms with Crippen molar-refractivity contribution in [3.8, 4) is 5.75 Å². The predicted octanol–water partition coefficient (Wildman–Crippen LogP) is 3.55. The van der Waals surface area contributed by atoms with E-state index < -0.39 is 16.1 Å². The molecule has 3 aromatic rings. The number of nitrogens with zero attached hydrogens (tertiary/aromatic N) is 2. The summed E-state index contributed by atoms with van der Waals surface area (Å²) in [6.45, 7) is 1.11. The lowest BCUT2D eigenvalue weighted by molar-refractivity contribution is 0.0741. The van der Waals surface area contributed by atoms with Gasteiger partial charge < -0.3 is 9.84 Å². The second-order valence-corrected chi connectivity index (χ2v) is 9.38. The minimum atomic E-state index is -3.32. The molecule has 10 heteroatoms. The largest absolute Gasteiger partial charge is 0.491 e. The van der Waals surface area contributed by atoms with E-state index in [0.717, 1.165) is 22.9 Å². The van der Waals surface area contributed by atoms with Gasteiger partial charge in [0.25, 0.3) is 0 Å². The SMILES string of the molecule is CN(Cc1ccc2cc(Cl)ccc2n1)CC(O)COc1ccc(NS(C)(=O)=O)cc1.Cl. The maximum Gasteiger partial charge on any atom is 0.229 e. The third-order valence-corrected chi connectivity index (χ3v) is 5.10. The molecule has 0 fully saturated rings. The number of fused-ring (bicyclic) bond motifs is 1. The summed E-state index contributed by atoms with van der Waals surface area (Å²) >= 11 is 6.00. The Morgan fingerprint density at radius 3 is 2.55 bits per heavy atom. The van der Waals surface area contributed by atoms with Crippen molar-refractivity contribution >= 4 is 50.6 Å². The normalized spacial score (nSPS) is 12.4. The highest BCUT2D eigenvalue weighted by molar-refractivity contribution is 7.92. The summed E-state index contributed by atoms with van der Waals surface area (Å²) in [5.41, 5.74) is 2.23. The number of halogens is 2. The number of pyridine rings is 1. The minimum absolute atomic E-state index is 0. The molecule has 0 saturated heterocycles. The molecule has 0 amide bonds. The van der Waals surface area contributed by atoms with Crippen LogP contribution in [0.25, 0.3) is 10.9 Å². The molecule has 0 saturated carbocycles. The van der Waals surface area contributed by atoms with Gasteiger partial charge in [-0.15, -0.1) is 12.4 Å². The monoisotopic (exact) mass is 485 g/mol. The molecule has 1 heterocycles. The van der Waals surface area contributed by atoms with Crippen LogP contribution < -0.4 is 9.46 Å². The smallest absolute Gasteiger partial charge is 0.229 e. The first-order chi connectivity index (χ1) is 14.2. The molecule has 0 bridgehead atoms. The van der Waals surface area contributed by atoms with Crippen LogP contribution in [0.15, 0.2) is 54.6 Å². The van der Waals surface area contributed by atoms with Crippen LogP contribution >= 0.6 is 24.0 Å². The van der Waals surface area contributed by atoms with E-state index in [0.29, 0.717) is 29.5 Å². The third kappa shape index (κ3) is 8.16. The van der Waals surface area contributed by atoms with Crippen LogP contribution in [-0.2, 0) is 16.6 Å². The first-order valence-corrected chi connectivity index (χ1v) is 11.6. The molecule has 31 heavy (non-hydrogen) atoms. The molecule has 2 N–H and O–H groups in total. The van der Waals surface area contributed by atoms with Gasteiger partial charge in [0, 0.05) is 29.2 Å².